The molecule has 0 saturated heterocycles. The maximum absolute atomic E-state index is 13.2. The lowest BCUT2D eigenvalue weighted by Crippen LogP contribution is -2.25. The Kier molecular flexibility index (Phi) is 6.69. The van der Waals surface area contributed by atoms with Gasteiger partial charge in [-0.3, -0.25) is 4.79 Å². The standard InChI is InChI=1S/C21H19BrFN5O2/c1-30-15-8-9-18(22)16(11-15)21(29)26-10-2-3-19-17(12-24)20(25)28(27-19)14-6-4-13(23)5-7-14/h4-9,11H,2-3,10,25H2,1H3,(H,26,29). The average Bonchev–Trinajstić information content (AvgIpc) is 3.07. The number of carbonyl (C=O) groups is 1. The number of benzene rings is 2. The molecule has 0 bridgehead atoms. The Morgan fingerprint density at radius 2 is 2.07 bits per heavy atom. The van der Waals surface area contributed by atoms with Crippen LogP contribution in [-0.4, -0.2) is 29.3 Å². The summed E-state index contributed by atoms with van der Waals surface area (Å²) in [5.41, 5.74) is 7.89. The van der Waals surface area contributed by atoms with E-state index < -0.39 is 0 Å². The molecule has 1 aromatic heterocycles. The van der Waals surface area contributed by atoms with Crippen molar-refractivity contribution >= 4 is 27.7 Å². The molecule has 2 aromatic carbocycles. The third kappa shape index (κ3) is 4.60. The normalized spacial score (nSPS) is 10.5. The first-order valence-corrected chi connectivity index (χ1v) is 9.89. The van der Waals surface area contributed by atoms with Crippen LogP contribution in [0.25, 0.3) is 5.69 Å². The molecular formula is C21H19BrFN5O2. The molecule has 0 aliphatic carbocycles. The van der Waals surface area contributed by atoms with Crippen molar-refractivity contribution in [2.45, 2.75) is 12.8 Å². The molecule has 0 atom stereocenters. The van der Waals surface area contributed by atoms with Crippen LogP contribution in [0.15, 0.2) is 46.9 Å². The van der Waals surface area contributed by atoms with Gasteiger partial charge in [-0.2, -0.15) is 10.4 Å². The second-order valence-electron chi connectivity index (χ2n) is 6.41. The van der Waals surface area contributed by atoms with Crippen LogP contribution in [-0.2, 0) is 6.42 Å². The van der Waals surface area contributed by atoms with Gasteiger partial charge in [0.25, 0.3) is 5.91 Å². The number of carbonyl (C=O) groups excluding carboxylic acids is 1. The number of aromatic nitrogens is 2. The molecule has 0 saturated carbocycles. The highest BCUT2D eigenvalue weighted by Crippen LogP contribution is 2.23. The fourth-order valence-electron chi connectivity index (χ4n) is 2.91. The third-order valence-electron chi connectivity index (χ3n) is 4.47. The first-order chi connectivity index (χ1) is 14.4. The highest BCUT2D eigenvalue weighted by molar-refractivity contribution is 9.10. The van der Waals surface area contributed by atoms with E-state index in [4.69, 9.17) is 10.5 Å². The molecule has 30 heavy (non-hydrogen) atoms. The Morgan fingerprint density at radius 1 is 1.33 bits per heavy atom. The molecule has 1 amide bonds. The molecule has 0 fully saturated rings. The number of ether oxygens (including phenoxy) is 1. The number of methoxy groups -OCH3 is 1. The average molecular weight is 472 g/mol. The second-order valence-corrected chi connectivity index (χ2v) is 7.27. The molecule has 0 radical (unpaired) electrons. The summed E-state index contributed by atoms with van der Waals surface area (Å²) in [6.07, 6.45) is 1.00. The van der Waals surface area contributed by atoms with Crippen molar-refractivity contribution in [3.8, 4) is 17.5 Å². The van der Waals surface area contributed by atoms with Crippen molar-refractivity contribution in [3.05, 3.63) is 69.6 Å². The molecule has 0 aliphatic heterocycles. The molecule has 0 unspecified atom stereocenters. The number of amides is 1. The maximum atomic E-state index is 13.2. The van der Waals surface area contributed by atoms with Crippen LogP contribution in [0.5, 0.6) is 5.75 Å². The molecular weight excluding hydrogens is 453 g/mol. The summed E-state index contributed by atoms with van der Waals surface area (Å²) < 4.78 is 20.4. The first-order valence-electron chi connectivity index (χ1n) is 9.09. The minimum absolute atomic E-state index is 0.198. The molecule has 9 heteroatoms. The molecule has 7 nitrogen and oxygen atoms in total. The van der Waals surface area contributed by atoms with E-state index in [1.807, 2.05) is 0 Å². The van der Waals surface area contributed by atoms with Gasteiger partial charge in [-0.1, -0.05) is 0 Å². The molecule has 0 aliphatic rings. The van der Waals surface area contributed by atoms with Crippen LogP contribution >= 0.6 is 15.9 Å². The third-order valence-corrected chi connectivity index (χ3v) is 5.16. The second kappa shape index (κ2) is 9.41. The highest BCUT2D eigenvalue weighted by atomic mass is 79.9. The van der Waals surface area contributed by atoms with E-state index in [0.717, 1.165) is 0 Å². The van der Waals surface area contributed by atoms with Crippen LogP contribution in [0.4, 0.5) is 10.2 Å². The van der Waals surface area contributed by atoms with Gasteiger partial charge in [-0.25, -0.2) is 9.07 Å². The van der Waals surface area contributed by atoms with E-state index in [0.29, 0.717) is 46.6 Å². The summed E-state index contributed by atoms with van der Waals surface area (Å²) in [6.45, 7) is 0.386. The summed E-state index contributed by atoms with van der Waals surface area (Å²) in [7, 11) is 1.54. The van der Waals surface area contributed by atoms with Crippen LogP contribution in [0, 0.1) is 17.1 Å². The maximum Gasteiger partial charge on any atom is 0.252 e. The van der Waals surface area contributed by atoms with Crippen LogP contribution < -0.4 is 15.8 Å². The van der Waals surface area contributed by atoms with Crippen molar-refractivity contribution in [1.82, 2.24) is 15.1 Å². The van der Waals surface area contributed by atoms with Gasteiger partial charge in [-0.05, 0) is 71.2 Å². The number of anilines is 1. The molecule has 3 aromatic rings. The number of halogens is 2. The van der Waals surface area contributed by atoms with Gasteiger partial charge in [0.05, 0.1) is 24.1 Å². The Hall–Kier alpha value is -3.38. The number of nitriles is 1. The molecule has 1 heterocycles. The monoisotopic (exact) mass is 471 g/mol. The predicted molar refractivity (Wildman–Crippen MR) is 114 cm³/mol. The fraction of sp³-hybridized carbons (Fsp3) is 0.190. The summed E-state index contributed by atoms with van der Waals surface area (Å²) >= 11 is 3.36. The van der Waals surface area contributed by atoms with Crippen molar-refractivity contribution in [2.75, 3.05) is 19.4 Å². The number of nitrogens with zero attached hydrogens (tertiary/aromatic N) is 3. The Labute approximate surface area is 181 Å². The number of nitrogen functional groups attached to an aromatic ring is 1. The van der Waals surface area contributed by atoms with Crippen molar-refractivity contribution < 1.29 is 13.9 Å². The number of hydrogen-bond acceptors (Lipinski definition) is 5. The number of hydrogen-bond donors (Lipinski definition) is 2. The Bertz CT molecular complexity index is 1110. The molecule has 3 N–H and O–H groups in total. The van der Waals surface area contributed by atoms with Crippen molar-refractivity contribution in [2.24, 2.45) is 0 Å². The summed E-state index contributed by atoms with van der Waals surface area (Å²) in [4.78, 5) is 12.4. The molecule has 154 valence electrons. The van der Waals surface area contributed by atoms with Gasteiger partial charge >= 0.3 is 0 Å². The van der Waals surface area contributed by atoms with E-state index in [2.05, 4.69) is 32.4 Å². The van der Waals surface area contributed by atoms with Crippen molar-refractivity contribution in [3.63, 3.8) is 0 Å². The number of nitrogens with two attached hydrogens (primary N) is 1. The minimum atomic E-state index is -0.372. The Balaban J connectivity index is 1.65. The topological polar surface area (TPSA) is 106 Å². The van der Waals surface area contributed by atoms with E-state index in [1.165, 1.54) is 36.1 Å². The minimum Gasteiger partial charge on any atom is -0.497 e. The lowest BCUT2D eigenvalue weighted by molar-refractivity contribution is 0.0952. The van der Waals surface area contributed by atoms with Crippen LogP contribution in [0.3, 0.4) is 0 Å². The van der Waals surface area contributed by atoms with Gasteiger partial charge in [0.15, 0.2) is 0 Å². The largest absolute Gasteiger partial charge is 0.497 e. The van der Waals surface area contributed by atoms with Crippen LogP contribution in [0.1, 0.15) is 28.0 Å². The first kappa shape index (κ1) is 21.3. The van der Waals surface area contributed by atoms with Gasteiger partial charge < -0.3 is 15.8 Å². The van der Waals surface area contributed by atoms with Gasteiger partial charge in [0.1, 0.15) is 29.0 Å². The van der Waals surface area contributed by atoms with Gasteiger partial charge in [-0.15, -0.1) is 0 Å². The predicted octanol–water partition coefficient (Wildman–Crippen LogP) is 3.60. The number of aryl methyl sites for hydroxylation is 1. The lowest BCUT2D eigenvalue weighted by atomic mass is 10.1. The highest BCUT2D eigenvalue weighted by Gasteiger charge is 2.17. The van der Waals surface area contributed by atoms with E-state index in [-0.39, 0.29) is 23.1 Å². The van der Waals surface area contributed by atoms with Gasteiger partial charge in [0, 0.05) is 11.0 Å². The quantitative estimate of drug-likeness (QED) is 0.512. The van der Waals surface area contributed by atoms with Crippen LogP contribution in [0.2, 0.25) is 0 Å². The zero-order valence-electron chi connectivity index (χ0n) is 16.2. The smallest absolute Gasteiger partial charge is 0.252 e. The summed E-state index contributed by atoms with van der Waals surface area (Å²) in [5, 5.41) is 16.7. The lowest BCUT2D eigenvalue weighted by Gasteiger charge is -2.08. The number of rotatable bonds is 7. The zero-order valence-corrected chi connectivity index (χ0v) is 17.7. The zero-order chi connectivity index (χ0) is 21.7. The molecule has 3 rings (SSSR count). The summed E-state index contributed by atoms with van der Waals surface area (Å²) in [5.74, 6) is 0.175. The van der Waals surface area contributed by atoms with Crippen molar-refractivity contribution in [1.29, 1.82) is 5.26 Å². The van der Waals surface area contributed by atoms with E-state index in [9.17, 15) is 14.4 Å². The van der Waals surface area contributed by atoms with Gasteiger partial charge in [0.2, 0.25) is 0 Å². The molecule has 0 spiro atoms. The fourth-order valence-corrected chi connectivity index (χ4v) is 3.34. The number of nitrogens with one attached hydrogen (secondary N) is 1. The summed E-state index contributed by atoms with van der Waals surface area (Å²) in [6, 6.07) is 12.9. The van der Waals surface area contributed by atoms with E-state index in [1.54, 1.807) is 18.2 Å². The van der Waals surface area contributed by atoms with E-state index >= 15 is 0 Å². The SMILES string of the molecule is COc1ccc(Br)c(C(=O)NCCCc2nn(-c3ccc(F)cc3)c(N)c2C#N)c1. The Morgan fingerprint density at radius 3 is 2.73 bits per heavy atom.